The number of rotatable bonds is 7. The van der Waals surface area contributed by atoms with Gasteiger partial charge in [0.15, 0.2) is 0 Å². The Morgan fingerprint density at radius 3 is 2.40 bits per heavy atom. The molecule has 0 aromatic heterocycles. The second kappa shape index (κ2) is 7.27. The highest BCUT2D eigenvalue weighted by Crippen LogP contribution is 2.34. The minimum atomic E-state index is 0.860. The lowest BCUT2D eigenvalue weighted by Gasteiger charge is -2.25. The van der Waals surface area contributed by atoms with Crippen LogP contribution in [0.2, 0.25) is 0 Å². The van der Waals surface area contributed by atoms with Crippen LogP contribution in [-0.4, -0.2) is 13.1 Å². The fourth-order valence-electron chi connectivity index (χ4n) is 2.94. The summed E-state index contributed by atoms with van der Waals surface area (Å²) >= 11 is 0. The quantitative estimate of drug-likeness (QED) is 0.631. The van der Waals surface area contributed by atoms with Gasteiger partial charge >= 0.3 is 0 Å². The Bertz CT molecular complexity index is 147. The third kappa shape index (κ3) is 5.01. The summed E-state index contributed by atoms with van der Waals surface area (Å²) in [5.74, 6) is 2.83. The lowest BCUT2D eigenvalue weighted by molar-refractivity contribution is 0.274. The maximum Gasteiger partial charge on any atom is -0.00178 e. The highest BCUT2D eigenvalue weighted by Gasteiger charge is 2.24. The molecule has 1 rings (SSSR count). The molecule has 1 fully saturated rings. The molecule has 0 amide bonds. The van der Waals surface area contributed by atoms with Crippen molar-refractivity contribution >= 4 is 0 Å². The van der Waals surface area contributed by atoms with Crippen LogP contribution in [0.25, 0.3) is 0 Å². The minimum absolute atomic E-state index is 0.860. The van der Waals surface area contributed by atoms with E-state index in [1.165, 1.54) is 51.6 Å². The zero-order valence-corrected chi connectivity index (χ0v) is 10.9. The summed E-state index contributed by atoms with van der Waals surface area (Å²) in [6.07, 6.45) is 8.62. The third-order valence-corrected chi connectivity index (χ3v) is 3.67. The van der Waals surface area contributed by atoms with E-state index in [0.717, 1.165) is 17.8 Å². The summed E-state index contributed by atoms with van der Waals surface area (Å²) < 4.78 is 0. The van der Waals surface area contributed by atoms with E-state index in [9.17, 15) is 0 Å². The summed E-state index contributed by atoms with van der Waals surface area (Å²) in [7, 11) is 0. The van der Waals surface area contributed by atoms with Crippen molar-refractivity contribution in [3.05, 3.63) is 0 Å². The largest absolute Gasteiger partial charge is 0.316 e. The van der Waals surface area contributed by atoms with Crippen molar-refractivity contribution in [3.63, 3.8) is 0 Å². The highest BCUT2D eigenvalue weighted by molar-refractivity contribution is 4.77. The van der Waals surface area contributed by atoms with E-state index in [1.54, 1.807) is 0 Å². The molecule has 1 atom stereocenters. The fourth-order valence-corrected chi connectivity index (χ4v) is 2.94. The molecule has 0 saturated heterocycles. The molecule has 15 heavy (non-hydrogen) atoms. The van der Waals surface area contributed by atoms with Gasteiger partial charge in [0.25, 0.3) is 0 Å². The van der Waals surface area contributed by atoms with E-state index < -0.39 is 0 Å². The van der Waals surface area contributed by atoms with Gasteiger partial charge in [-0.25, -0.2) is 0 Å². The van der Waals surface area contributed by atoms with Crippen molar-refractivity contribution < 1.29 is 0 Å². The van der Waals surface area contributed by atoms with Crippen molar-refractivity contribution in [3.8, 4) is 0 Å². The van der Waals surface area contributed by atoms with Crippen LogP contribution in [0, 0.1) is 17.8 Å². The number of nitrogens with one attached hydrogen (secondary N) is 1. The minimum Gasteiger partial charge on any atom is -0.316 e. The lowest BCUT2D eigenvalue weighted by atomic mass is 9.84. The van der Waals surface area contributed by atoms with Crippen LogP contribution >= 0.6 is 0 Å². The van der Waals surface area contributed by atoms with Crippen LogP contribution in [0.3, 0.4) is 0 Å². The maximum atomic E-state index is 3.62. The fraction of sp³-hybridized carbons (Fsp3) is 1.00. The molecule has 0 radical (unpaired) electrons. The second-order valence-corrected chi connectivity index (χ2v) is 5.64. The van der Waals surface area contributed by atoms with Crippen LogP contribution in [-0.2, 0) is 0 Å². The third-order valence-electron chi connectivity index (χ3n) is 3.67. The SMILES string of the molecule is CCCNCC(CC(C)C)C1CCCC1. The normalized spacial score (nSPS) is 20.0. The van der Waals surface area contributed by atoms with Gasteiger partial charge in [-0.05, 0) is 43.7 Å². The van der Waals surface area contributed by atoms with Gasteiger partial charge in [0.2, 0.25) is 0 Å². The van der Waals surface area contributed by atoms with Crippen LogP contribution in [0.1, 0.15) is 59.3 Å². The second-order valence-electron chi connectivity index (χ2n) is 5.64. The molecule has 0 aliphatic heterocycles. The van der Waals surface area contributed by atoms with E-state index >= 15 is 0 Å². The van der Waals surface area contributed by atoms with Crippen molar-refractivity contribution in [1.29, 1.82) is 0 Å². The summed E-state index contributed by atoms with van der Waals surface area (Å²) in [6.45, 7) is 9.43. The Kier molecular flexibility index (Phi) is 6.31. The molecular formula is C14H29N. The van der Waals surface area contributed by atoms with Crippen molar-refractivity contribution in [2.24, 2.45) is 17.8 Å². The average Bonchev–Trinajstić information content (AvgIpc) is 2.68. The molecule has 90 valence electrons. The Morgan fingerprint density at radius 2 is 1.87 bits per heavy atom. The van der Waals surface area contributed by atoms with E-state index in [2.05, 4.69) is 26.1 Å². The molecule has 1 saturated carbocycles. The molecule has 0 heterocycles. The predicted octanol–water partition coefficient (Wildman–Crippen LogP) is 3.84. The molecule has 0 aromatic rings. The first-order valence-electron chi connectivity index (χ1n) is 6.94. The van der Waals surface area contributed by atoms with Gasteiger partial charge in [-0.1, -0.05) is 46.5 Å². The Hall–Kier alpha value is -0.0400. The molecule has 0 bridgehead atoms. The first-order valence-corrected chi connectivity index (χ1v) is 6.94. The van der Waals surface area contributed by atoms with Gasteiger partial charge in [-0.3, -0.25) is 0 Å². The van der Waals surface area contributed by atoms with Gasteiger partial charge in [-0.2, -0.15) is 0 Å². The van der Waals surface area contributed by atoms with Gasteiger partial charge in [0, 0.05) is 0 Å². The maximum absolute atomic E-state index is 3.62. The summed E-state index contributed by atoms with van der Waals surface area (Å²) in [5.41, 5.74) is 0. The zero-order valence-electron chi connectivity index (χ0n) is 10.9. The highest BCUT2D eigenvalue weighted by atomic mass is 14.9. The van der Waals surface area contributed by atoms with E-state index in [-0.39, 0.29) is 0 Å². The van der Waals surface area contributed by atoms with Gasteiger partial charge < -0.3 is 5.32 Å². The van der Waals surface area contributed by atoms with E-state index in [1.807, 2.05) is 0 Å². The molecular weight excluding hydrogens is 182 g/mol. The number of hydrogen-bond acceptors (Lipinski definition) is 1. The first-order chi connectivity index (χ1) is 7.24. The summed E-state index contributed by atoms with van der Waals surface area (Å²) in [4.78, 5) is 0. The molecule has 1 aliphatic rings. The molecule has 1 heteroatoms. The summed E-state index contributed by atoms with van der Waals surface area (Å²) in [5, 5.41) is 3.62. The number of hydrogen-bond donors (Lipinski definition) is 1. The molecule has 0 spiro atoms. The van der Waals surface area contributed by atoms with Gasteiger partial charge in [0.05, 0.1) is 0 Å². The Balaban J connectivity index is 2.30. The van der Waals surface area contributed by atoms with Crippen LogP contribution in [0.15, 0.2) is 0 Å². The van der Waals surface area contributed by atoms with Crippen molar-refractivity contribution in [1.82, 2.24) is 5.32 Å². The monoisotopic (exact) mass is 211 g/mol. The first kappa shape index (κ1) is 13.0. The molecule has 1 aliphatic carbocycles. The molecule has 0 aromatic carbocycles. The van der Waals surface area contributed by atoms with Gasteiger partial charge in [0.1, 0.15) is 0 Å². The van der Waals surface area contributed by atoms with Crippen LogP contribution in [0.5, 0.6) is 0 Å². The van der Waals surface area contributed by atoms with Crippen LogP contribution < -0.4 is 5.32 Å². The topological polar surface area (TPSA) is 12.0 Å². The van der Waals surface area contributed by atoms with Gasteiger partial charge in [-0.15, -0.1) is 0 Å². The molecule has 1 N–H and O–H groups in total. The summed E-state index contributed by atoms with van der Waals surface area (Å²) in [6, 6.07) is 0. The standard InChI is InChI=1S/C14H29N/c1-4-9-15-11-14(10-12(2)3)13-7-5-6-8-13/h12-15H,4-11H2,1-3H3. The van der Waals surface area contributed by atoms with E-state index in [4.69, 9.17) is 0 Å². The predicted molar refractivity (Wildman–Crippen MR) is 68.1 cm³/mol. The van der Waals surface area contributed by atoms with E-state index in [0.29, 0.717) is 0 Å². The Morgan fingerprint density at radius 1 is 1.20 bits per heavy atom. The zero-order chi connectivity index (χ0) is 11.1. The van der Waals surface area contributed by atoms with Crippen molar-refractivity contribution in [2.75, 3.05) is 13.1 Å². The lowest BCUT2D eigenvalue weighted by Crippen LogP contribution is -2.29. The molecule has 1 nitrogen and oxygen atoms in total. The Labute approximate surface area is 96.0 Å². The molecule has 1 unspecified atom stereocenters. The average molecular weight is 211 g/mol. The smallest absolute Gasteiger partial charge is 0.00178 e. The van der Waals surface area contributed by atoms with Crippen molar-refractivity contribution in [2.45, 2.75) is 59.3 Å². The van der Waals surface area contributed by atoms with Crippen LogP contribution in [0.4, 0.5) is 0 Å².